The molecule has 7 rings (SSSR count). The standard InChI is InChI=1S/C23H30N4O5.C6H6/c1-13-6-7-26(9-13)15-8-14(2)17-24-19(25-27(17)10-15)23-11-22(12-31-23,16(23)18(28)29)20(30)32-21(3,4)5;1-2-4-6-5-3-1/h8,10,13,16H,6-7,9,11-12H2,1-5H3,(H,28,29);1-6H. The van der Waals surface area contributed by atoms with E-state index in [4.69, 9.17) is 9.47 Å². The summed E-state index contributed by atoms with van der Waals surface area (Å²) >= 11 is 0. The van der Waals surface area contributed by atoms with Gasteiger partial charge in [-0.25, -0.2) is 9.50 Å². The third kappa shape index (κ3) is 4.42. The Bertz CT molecular complexity index is 1320. The number of rotatable bonds is 4. The van der Waals surface area contributed by atoms with Crippen molar-refractivity contribution in [1.82, 2.24) is 14.6 Å². The van der Waals surface area contributed by atoms with Crippen molar-refractivity contribution in [2.24, 2.45) is 17.3 Å². The molecular weight excluding hydrogens is 484 g/mol. The number of aromatic nitrogens is 3. The highest BCUT2D eigenvalue weighted by molar-refractivity contribution is 5.90. The molecule has 1 aromatic carbocycles. The Balaban J connectivity index is 0.000000433. The number of nitrogens with zero attached hydrogens (tertiary/aromatic N) is 4. The van der Waals surface area contributed by atoms with Crippen LogP contribution in [0, 0.1) is 24.2 Å². The normalized spacial score (nSPS) is 28.0. The minimum Gasteiger partial charge on any atom is -0.481 e. The summed E-state index contributed by atoms with van der Waals surface area (Å²) in [6, 6.07) is 14.1. The number of carbonyl (C=O) groups is 2. The van der Waals surface area contributed by atoms with Crippen LogP contribution in [0.1, 0.15) is 51.9 Å². The predicted octanol–water partition coefficient (Wildman–Crippen LogP) is 4.23. The van der Waals surface area contributed by atoms with Gasteiger partial charge in [-0.3, -0.25) is 9.59 Å². The molecule has 1 saturated carbocycles. The summed E-state index contributed by atoms with van der Waals surface area (Å²) in [7, 11) is 0. The van der Waals surface area contributed by atoms with Crippen molar-refractivity contribution in [3.05, 3.63) is 60.0 Å². The van der Waals surface area contributed by atoms with E-state index in [-0.39, 0.29) is 13.0 Å². The van der Waals surface area contributed by atoms with Crippen LogP contribution in [0.25, 0.3) is 5.65 Å². The van der Waals surface area contributed by atoms with Crippen molar-refractivity contribution in [1.29, 1.82) is 0 Å². The molecule has 3 aliphatic heterocycles. The summed E-state index contributed by atoms with van der Waals surface area (Å²) in [4.78, 5) is 32.2. The fourth-order valence-electron chi connectivity index (χ4n) is 5.89. The van der Waals surface area contributed by atoms with Crippen LogP contribution in [0.2, 0.25) is 0 Å². The highest BCUT2D eigenvalue weighted by Gasteiger charge is 2.79. The SMILES string of the molecule is Cc1cc(N2CCC(C)C2)cn2nc(C34CC(C(=O)OC(C)(C)C)(CO3)C4C(=O)O)nc12.c1ccccc1. The zero-order valence-corrected chi connectivity index (χ0v) is 22.7. The molecule has 1 N–H and O–H groups in total. The second kappa shape index (κ2) is 9.38. The van der Waals surface area contributed by atoms with Crippen LogP contribution in [-0.4, -0.2) is 56.9 Å². The van der Waals surface area contributed by atoms with Gasteiger partial charge in [-0.15, -0.1) is 5.10 Å². The van der Waals surface area contributed by atoms with Gasteiger partial charge in [0.15, 0.2) is 11.5 Å². The molecule has 0 radical (unpaired) electrons. The number of anilines is 1. The largest absolute Gasteiger partial charge is 0.481 e. The first-order valence-electron chi connectivity index (χ1n) is 13.2. The molecular formula is C29H36N4O5. The molecule has 5 heterocycles. The number of aryl methyl sites for hydroxylation is 1. The van der Waals surface area contributed by atoms with Crippen molar-refractivity contribution in [2.45, 2.75) is 58.7 Å². The smallest absolute Gasteiger partial charge is 0.316 e. The first kappa shape index (κ1) is 26.2. The molecule has 4 atom stereocenters. The zero-order chi connectivity index (χ0) is 27.3. The minimum absolute atomic E-state index is 0.00959. The minimum atomic E-state index is -1.22. The van der Waals surface area contributed by atoms with E-state index in [1.807, 2.05) is 49.5 Å². The molecule has 4 fully saturated rings. The maximum atomic E-state index is 12.9. The number of pyridine rings is 1. The quantitative estimate of drug-likeness (QED) is 0.510. The van der Waals surface area contributed by atoms with Crippen LogP contribution < -0.4 is 4.90 Å². The van der Waals surface area contributed by atoms with Gasteiger partial charge < -0.3 is 19.5 Å². The summed E-state index contributed by atoms with van der Waals surface area (Å²) in [5.41, 5.74) is -0.435. The number of carboxylic acid groups (broad SMARTS) is 1. The molecule has 4 unspecified atom stereocenters. The monoisotopic (exact) mass is 520 g/mol. The Morgan fingerprint density at radius 1 is 1.16 bits per heavy atom. The number of hydrogen-bond acceptors (Lipinski definition) is 7. The maximum absolute atomic E-state index is 12.9. The molecule has 2 bridgehead atoms. The Kier molecular flexibility index (Phi) is 6.46. The van der Waals surface area contributed by atoms with Gasteiger partial charge >= 0.3 is 11.9 Å². The second-order valence-electron chi connectivity index (χ2n) is 11.9. The van der Waals surface area contributed by atoms with Gasteiger partial charge in [0.25, 0.3) is 0 Å². The highest BCUT2D eigenvalue weighted by Crippen LogP contribution is 2.67. The van der Waals surface area contributed by atoms with Crippen molar-refractivity contribution in [3.63, 3.8) is 0 Å². The third-order valence-electron chi connectivity index (χ3n) is 7.67. The van der Waals surface area contributed by atoms with Gasteiger partial charge in [0.05, 0.1) is 18.5 Å². The first-order chi connectivity index (χ1) is 17.9. The topological polar surface area (TPSA) is 106 Å². The summed E-state index contributed by atoms with van der Waals surface area (Å²) in [6.45, 7) is 11.5. The number of fused-ring (bicyclic) bond motifs is 2. The third-order valence-corrected chi connectivity index (χ3v) is 7.67. The van der Waals surface area contributed by atoms with E-state index in [0.29, 0.717) is 17.4 Å². The van der Waals surface area contributed by atoms with Crippen molar-refractivity contribution < 1.29 is 24.2 Å². The highest BCUT2D eigenvalue weighted by atomic mass is 16.6. The molecule has 9 heteroatoms. The van der Waals surface area contributed by atoms with Gasteiger partial charge in [0.1, 0.15) is 22.5 Å². The average Bonchev–Trinajstić information content (AvgIpc) is 3.61. The van der Waals surface area contributed by atoms with Crippen LogP contribution in [-0.2, 0) is 24.7 Å². The molecule has 0 spiro atoms. The number of carboxylic acids is 1. The molecule has 38 heavy (non-hydrogen) atoms. The first-order valence-corrected chi connectivity index (χ1v) is 13.2. The Hall–Kier alpha value is -3.46. The van der Waals surface area contributed by atoms with E-state index in [1.165, 1.54) is 0 Å². The van der Waals surface area contributed by atoms with Crippen LogP contribution in [0.3, 0.4) is 0 Å². The van der Waals surface area contributed by atoms with Gasteiger partial charge in [-0.1, -0.05) is 43.3 Å². The predicted molar refractivity (Wildman–Crippen MR) is 142 cm³/mol. The van der Waals surface area contributed by atoms with Crippen molar-refractivity contribution in [2.75, 3.05) is 24.6 Å². The van der Waals surface area contributed by atoms with E-state index in [1.54, 1.807) is 25.3 Å². The molecule has 4 aliphatic rings. The lowest BCUT2D eigenvalue weighted by atomic mass is 9.53. The molecule has 9 nitrogen and oxygen atoms in total. The lowest BCUT2D eigenvalue weighted by molar-refractivity contribution is -0.194. The molecule has 1 aliphatic carbocycles. The molecule has 0 amide bonds. The second-order valence-corrected chi connectivity index (χ2v) is 11.9. The average molecular weight is 521 g/mol. The van der Waals surface area contributed by atoms with Gasteiger partial charge in [-0.05, 0) is 51.7 Å². The summed E-state index contributed by atoms with van der Waals surface area (Å²) in [5.74, 6) is -1.74. The fourth-order valence-corrected chi connectivity index (χ4v) is 5.89. The zero-order valence-electron chi connectivity index (χ0n) is 22.7. The number of hydrogen-bond donors (Lipinski definition) is 1. The lowest BCUT2D eigenvalue weighted by Crippen LogP contribution is -2.61. The van der Waals surface area contributed by atoms with Gasteiger partial charge in [0, 0.05) is 19.5 Å². The van der Waals surface area contributed by atoms with E-state index in [9.17, 15) is 14.7 Å². The van der Waals surface area contributed by atoms with E-state index in [0.717, 1.165) is 30.8 Å². The lowest BCUT2D eigenvalue weighted by Gasteiger charge is -2.47. The Morgan fingerprint density at radius 3 is 2.37 bits per heavy atom. The van der Waals surface area contributed by atoms with Crippen molar-refractivity contribution >= 4 is 23.3 Å². The van der Waals surface area contributed by atoms with Crippen LogP contribution in [0.5, 0.6) is 0 Å². The maximum Gasteiger partial charge on any atom is 0.316 e. The summed E-state index contributed by atoms with van der Waals surface area (Å²) in [6.07, 6.45) is 3.31. The molecule has 202 valence electrons. The van der Waals surface area contributed by atoms with E-state index >= 15 is 0 Å². The van der Waals surface area contributed by atoms with Gasteiger partial charge in [-0.2, -0.15) is 0 Å². The van der Waals surface area contributed by atoms with Crippen LogP contribution >= 0.6 is 0 Å². The van der Waals surface area contributed by atoms with E-state index in [2.05, 4.69) is 28.0 Å². The Labute approximate surface area is 222 Å². The van der Waals surface area contributed by atoms with Crippen LogP contribution in [0.4, 0.5) is 5.69 Å². The van der Waals surface area contributed by atoms with Gasteiger partial charge in [0.2, 0.25) is 0 Å². The fraction of sp³-hybridized carbons (Fsp3) is 0.517. The number of aliphatic carboxylic acids is 1. The van der Waals surface area contributed by atoms with E-state index < -0.39 is 34.5 Å². The van der Waals surface area contributed by atoms with Crippen LogP contribution in [0.15, 0.2) is 48.7 Å². The molecule has 2 aromatic heterocycles. The number of ether oxygens (including phenoxy) is 2. The number of benzene rings is 1. The summed E-state index contributed by atoms with van der Waals surface area (Å²) < 4.78 is 13.3. The molecule has 3 aromatic rings. The molecule has 3 saturated heterocycles. The number of carbonyl (C=O) groups excluding carboxylic acids is 1. The summed E-state index contributed by atoms with van der Waals surface area (Å²) in [5, 5.41) is 14.7. The van der Waals surface area contributed by atoms with Crippen molar-refractivity contribution in [3.8, 4) is 0 Å². The Morgan fingerprint density at radius 2 is 1.82 bits per heavy atom. The number of esters is 1.